The smallest absolute Gasteiger partial charge is 0.101 e. The lowest BCUT2D eigenvalue weighted by Crippen LogP contribution is -2.01. The first-order valence-corrected chi connectivity index (χ1v) is 16.3. The molecule has 2 heterocycles. The van der Waals surface area contributed by atoms with E-state index in [1.54, 1.807) is 6.07 Å². The molecule has 5 nitrogen and oxygen atoms in total. The number of fused-ring (bicyclic) bond motifs is 6. The van der Waals surface area contributed by atoms with Crippen LogP contribution in [-0.2, 0) is 0 Å². The Balaban J connectivity index is 1.27. The fourth-order valence-corrected chi connectivity index (χ4v) is 7.53. The number of aromatic nitrogens is 2. The van der Waals surface area contributed by atoms with Crippen LogP contribution in [-0.4, -0.2) is 9.13 Å². The second-order valence-corrected chi connectivity index (χ2v) is 12.3. The van der Waals surface area contributed by atoms with Gasteiger partial charge in [0, 0.05) is 38.4 Å². The molecule has 5 heteroatoms. The van der Waals surface area contributed by atoms with Crippen molar-refractivity contribution < 1.29 is 0 Å². The molecule has 0 radical (unpaired) electrons. The predicted molar refractivity (Wildman–Crippen MR) is 200 cm³/mol. The lowest BCUT2D eigenvalue weighted by Gasteiger charge is -2.18. The highest BCUT2D eigenvalue weighted by Crippen LogP contribution is 2.42. The number of hydrogen-bond acceptors (Lipinski definition) is 3. The molecular formula is C45H25N5. The molecule has 0 saturated carbocycles. The van der Waals surface area contributed by atoms with Crippen LogP contribution < -0.4 is 0 Å². The van der Waals surface area contributed by atoms with Crippen LogP contribution in [0.5, 0.6) is 0 Å². The Labute approximate surface area is 287 Å². The molecule has 230 valence electrons. The van der Waals surface area contributed by atoms with E-state index in [4.69, 9.17) is 0 Å². The van der Waals surface area contributed by atoms with Crippen molar-refractivity contribution in [3.05, 3.63) is 168 Å². The maximum Gasteiger partial charge on any atom is 0.101 e. The molecule has 0 saturated heterocycles. The lowest BCUT2D eigenvalue weighted by atomic mass is 9.89. The van der Waals surface area contributed by atoms with Crippen molar-refractivity contribution in [3.63, 3.8) is 0 Å². The van der Waals surface area contributed by atoms with Gasteiger partial charge in [-0.2, -0.15) is 15.8 Å². The van der Waals surface area contributed by atoms with Gasteiger partial charge in [-0.3, -0.25) is 0 Å². The molecular weight excluding hydrogens is 611 g/mol. The monoisotopic (exact) mass is 635 g/mol. The van der Waals surface area contributed by atoms with Crippen molar-refractivity contribution in [1.29, 1.82) is 15.8 Å². The molecule has 0 spiro atoms. The maximum atomic E-state index is 10.5. The summed E-state index contributed by atoms with van der Waals surface area (Å²) in [6, 6.07) is 57.8. The average Bonchev–Trinajstić information content (AvgIpc) is 3.70. The Kier molecular flexibility index (Phi) is 6.56. The van der Waals surface area contributed by atoms with Crippen LogP contribution in [0, 0.1) is 34.0 Å². The molecule has 0 aliphatic heterocycles. The minimum Gasteiger partial charge on any atom is -0.309 e. The van der Waals surface area contributed by atoms with Gasteiger partial charge in [-0.1, -0.05) is 91.0 Å². The van der Waals surface area contributed by atoms with Gasteiger partial charge in [-0.25, -0.2) is 0 Å². The van der Waals surface area contributed by atoms with Crippen LogP contribution in [0.15, 0.2) is 152 Å². The van der Waals surface area contributed by atoms with Crippen molar-refractivity contribution in [2.75, 3.05) is 0 Å². The van der Waals surface area contributed by atoms with Gasteiger partial charge < -0.3 is 9.13 Å². The number of nitrogens with zero attached hydrogens (tertiary/aromatic N) is 5. The molecule has 9 aromatic rings. The van der Waals surface area contributed by atoms with Crippen LogP contribution >= 0.6 is 0 Å². The zero-order chi connectivity index (χ0) is 33.8. The summed E-state index contributed by atoms with van der Waals surface area (Å²) in [7, 11) is 0. The third-order valence-corrected chi connectivity index (χ3v) is 9.65. The summed E-state index contributed by atoms with van der Waals surface area (Å²) in [6.07, 6.45) is 0. The number of para-hydroxylation sites is 4. The van der Waals surface area contributed by atoms with Crippen molar-refractivity contribution >= 4 is 43.6 Å². The van der Waals surface area contributed by atoms with Crippen molar-refractivity contribution in [3.8, 4) is 51.8 Å². The second kappa shape index (κ2) is 11.4. The minimum atomic E-state index is 0.529. The Morgan fingerprint density at radius 1 is 0.420 bits per heavy atom. The van der Waals surface area contributed by atoms with E-state index in [0.717, 1.165) is 66.5 Å². The van der Waals surface area contributed by atoms with Crippen LogP contribution in [0.2, 0.25) is 0 Å². The molecule has 0 fully saturated rings. The minimum absolute atomic E-state index is 0.529. The fourth-order valence-electron chi connectivity index (χ4n) is 7.53. The second-order valence-electron chi connectivity index (χ2n) is 12.3. The van der Waals surface area contributed by atoms with E-state index in [1.165, 1.54) is 10.8 Å². The average molecular weight is 636 g/mol. The van der Waals surface area contributed by atoms with Crippen LogP contribution in [0.3, 0.4) is 0 Å². The maximum absolute atomic E-state index is 10.5. The SMILES string of the molecule is N#Cc1ccc2c(c1)c1cccc(C#N)c1n2-c1ccccc1-c1c(C#N)cccc1-c1ccc(-n2c3ccccc3c3ccccc32)cc1. The Hall–Kier alpha value is -7.39. The zero-order valence-corrected chi connectivity index (χ0v) is 26.7. The highest BCUT2D eigenvalue weighted by Gasteiger charge is 2.22. The normalized spacial score (nSPS) is 11.1. The third-order valence-electron chi connectivity index (χ3n) is 9.65. The lowest BCUT2D eigenvalue weighted by molar-refractivity contribution is 1.17. The Bertz CT molecular complexity index is 2900. The summed E-state index contributed by atoms with van der Waals surface area (Å²) < 4.78 is 4.39. The zero-order valence-electron chi connectivity index (χ0n) is 26.7. The van der Waals surface area contributed by atoms with Crippen LogP contribution in [0.4, 0.5) is 0 Å². The largest absolute Gasteiger partial charge is 0.309 e. The van der Waals surface area contributed by atoms with Gasteiger partial charge in [0.25, 0.3) is 0 Å². The fraction of sp³-hybridized carbons (Fsp3) is 0. The molecule has 0 N–H and O–H groups in total. The first kappa shape index (κ1) is 28.8. The van der Waals surface area contributed by atoms with Crippen molar-refractivity contribution in [2.24, 2.45) is 0 Å². The molecule has 0 aliphatic rings. The molecule has 0 bridgehead atoms. The highest BCUT2D eigenvalue weighted by molar-refractivity contribution is 6.12. The number of rotatable bonds is 4. The quantitative estimate of drug-likeness (QED) is 0.193. The van der Waals surface area contributed by atoms with Gasteiger partial charge in [0.15, 0.2) is 0 Å². The van der Waals surface area contributed by atoms with Gasteiger partial charge in [0.2, 0.25) is 0 Å². The van der Waals surface area contributed by atoms with E-state index in [-0.39, 0.29) is 0 Å². The van der Waals surface area contributed by atoms with E-state index in [2.05, 4.69) is 106 Å². The van der Waals surface area contributed by atoms with E-state index >= 15 is 0 Å². The highest BCUT2D eigenvalue weighted by atomic mass is 15.0. The van der Waals surface area contributed by atoms with Crippen LogP contribution in [0.25, 0.3) is 77.2 Å². The molecule has 50 heavy (non-hydrogen) atoms. The molecule has 0 amide bonds. The summed E-state index contributed by atoms with van der Waals surface area (Å²) in [5.41, 5.74) is 11.0. The summed E-state index contributed by atoms with van der Waals surface area (Å²) in [6.45, 7) is 0. The van der Waals surface area contributed by atoms with E-state index < -0.39 is 0 Å². The van der Waals surface area contributed by atoms with Gasteiger partial charge in [-0.15, -0.1) is 0 Å². The summed E-state index contributed by atoms with van der Waals surface area (Å²) >= 11 is 0. The van der Waals surface area contributed by atoms with Gasteiger partial charge in [0.05, 0.1) is 56.6 Å². The van der Waals surface area contributed by atoms with Crippen LogP contribution in [0.1, 0.15) is 16.7 Å². The molecule has 0 atom stereocenters. The van der Waals surface area contributed by atoms with Gasteiger partial charge in [-0.05, 0) is 71.8 Å². The first-order valence-electron chi connectivity index (χ1n) is 16.3. The third kappa shape index (κ3) is 4.24. The van der Waals surface area contributed by atoms with E-state index in [1.807, 2.05) is 66.7 Å². The molecule has 7 aromatic carbocycles. The number of hydrogen-bond donors (Lipinski definition) is 0. The van der Waals surface area contributed by atoms with Gasteiger partial charge >= 0.3 is 0 Å². The summed E-state index contributed by atoms with van der Waals surface area (Å²) in [5, 5.41) is 34.6. The standard InChI is InChI=1S/C45H25N5/c46-26-29-19-24-43-39(25-29)37-15-8-10-32(28-48)45(37)50(43)42-18-6-3-13-38(42)44-31(27-47)9-7-14-34(44)30-20-22-33(23-21-30)49-40-16-4-1-11-35(40)36-12-2-5-17-41(36)49/h1-25H. The number of nitriles is 3. The Morgan fingerprint density at radius 2 is 1.02 bits per heavy atom. The van der Waals surface area contributed by atoms with Crippen molar-refractivity contribution in [1.82, 2.24) is 9.13 Å². The molecule has 0 unspecified atom stereocenters. The predicted octanol–water partition coefficient (Wildman–Crippen LogP) is 10.8. The molecule has 9 rings (SSSR count). The first-order chi connectivity index (χ1) is 24.7. The van der Waals surface area contributed by atoms with E-state index in [9.17, 15) is 15.8 Å². The van der Waals surface area contributed by atoms with Crippen molar-refractivity contribution in [2.45, 2.75) is 0 Å². The summed E-state index contributed by atoms with van der Waals surface area (Å²) in [5.74, 6) is 0. The number of benzene rings is 7. The molecule has 0 aliphatic carbocycles. The Morgan fingerprint density at radius 3 is 1.74 bits per heavy atom. The van der Waals surface area contributed by atoms with E-state index in [0.29, 0.717) is 16.7 Å². The summed E-state index contributed by atoms with van der Waals surface area (Å²) in [4.78, 5) is 0. The molecule has 2 aromatic heterocycles. The topological polar surface area (TPSA) is 81.2 Å². The van der Waals surface area contributed by atoms with Gasteiger partial charge in [0.1, 0.15) is 6.07 Å².